The molecule has 0 aromatic carbocycles. The quantitative estimate of drug-likeness (QED) is 0.686. The van der Waals surface area contributed by atoms with Gasteiger partial charge in [-0.25, -0.2) is 14.5 Å². The van der Waals surface area contributed by atoms with Gasteiger partial charge in [-0.3, -0.25) is 0 Å². The SMILES string of the molecule is Cc1oc2ncn3nc([C@H](C)N)nc3c2c1C. The van der Waals surface area contributed by atoms with E-state index in [1.54, 1.807) is 10.8 Å². The van der Waals surface area contributed by atoms with Crippen molar-refractivity contribution in [2.45, 2.75) is 26.8 Å². The molecule has 6 heteroatoms. The summed E-state index contributed by atoms with van der Waals surface area (Å²) in [7, 11) is 0. The van der Waals surface area contributed by atoms with E-state index in [4.69, 9.17) is 10.2 Å². The number of nitrogens with two attached hydrogens (primary N) is 1. The Bertz CT molecular complexity index is 709. The summed E-state index contributed by atoms with van der Waals surface area (Å²) in [6, 6.07) is -0.196. The third-order valence-electron chi connectivity index (χ3n) is 2.93. The number of fused-ring (bicyclic) bond motifs is 3. The number of hydrogen-bond acceptors (Lipinski definition) is 5. The second kappa shape index (κ2) is 3.27. The molecule has 0 aliphatic rings. The average molecular weight is 231 g/mol. The van der Waals surface area contributed by atoms with E-state index in [0.29, 0.717) is 11.5 Å². The molecule has 0 radical (unpaired) electrons. The number of rotatable bonds is 1. The van der Waals surface area contributed by atoms with Crippen molar-refractivity contribution < 1.29 is 4.42 Å². The van der Waals surface area contributed by atoms with Gasteiger partial charge in [-0.05, 0) is 20.8 Å². The summed E-state index contributed by atoms with van der Waals surface area (Å²) in [6.45, 7) is 5.76. The molecule has 0 unspecified atom stereocenters. The van der Waals surface area contributed by atoms with E-state index >= 15 is 0 Å². The lowest BCUT2D eigenvalue weighted by molar-refractivity contribution is 0.563. The zero-order chi connectivity index (χ0) is 12.2. The normalized spacial score (nSPS) is 13.6. The molecule has 1 atom stereocenters. The van der Waals surface area contributed by atoms with Gasteiger partial charge in [0.15, 0.2) is 11.5 Å². The number of hydrogen-bond donors (Lipinski definition) is 1. The molecule has 3 heterocycles. The molecule has 3 aromatic heterocycles. The lowest BCUT2D eigenvalue weighted by atomic mass is 10.2. The lowest BCUT2D eigenvalue weighted by Crippen LogP contribution is -2.07. The van der Waals surface area contributed by atoms with Crippen molar-refractivity contribution in [2.24, 2.45) is 5.73 Å². The fourth-order valence-corrected chi connectivity index (χ4v) is 1.85. The maximum atomic E-state index is 5.78. The first-order chi connectivity index (χ1) is 8.08. The maximum absolute atomic E-state index is 5.78. The largest absolute Gasteiger partial charge is 0.443 e. The number of aryl methyl sites for hydroxylation is 2. The van der Waals surface area contributed by atoms with Crippen molar-refractivity contribution in [3.05, 3.63) is 23.5 Å². The van der Waals surface area contributed by atoms with Gasteiger partial charge in [0.2, 0.25) is 5.71 Å². The molecule has 0 fully saturated rings. The third kappa shape index (κ3) is 1.34. The van der Waals surface area contributed by atoms with E-state index in [1.165, 1.54) is 0 Å². The minimum absolute atomic E-state index is 0.196. The molecule has 0 amide bonds. The summed E-state index contributed by atoms with van der Waals surface area (Å²) in [5, 5.41) is 5.20. The van der Waals surface area contributed by atoms with E-state index in [-0.39, 0.29) is 6.04 Å². The van der Waals surface area contributed by atoms with Crippen LogP contribution in [0.3, 0.4) is 0 Å². The van der Waals surface area contributed by atoms with Crippen molar-refractivity contribution in [2.75, 3.05) is 0 Å². The van der Waals surface area contributed by atoms with E-state index in [9.17, 15) is 0 Å². The van der Waals surface area contributed by atoms with Gasteiger partial charge in [0.1, 0.15) is 12.1 Å². The lowest BCUT2D eigenvalue weighted by Gasteiger charge is -1.93. The van der Waals surface area contributed by atoms with Gasteiger partial charge in [0, 0.05) is 5.56 Å². The van der Waals surface area contributed by atoms with Crippen LogP contribution in [0.2, 0.25) is 0 Å². The van der Waals surface area contributed by atoms with Crippen LogP contribution in [0, 0.1) is 13.8 Å². The van der Waals surface area contributed by atoms with Crippen LogP contribution in [0.4, 0.5) is 0 Å². The van der Waals surface area contributed by atoms with Gasteiger partial charge in [-0.2, -0.15) is 0 Å². The second-order valence-electron chi connectivity index (χ2n) is 4.23. The van der Waals surface area contributed by atoms with Crippen molar-refractivity contribution in [3.63, 3.8) is 0 Å². The van der Waals surface area contributed by atoms with Crippen LogP contribution in [0.1, 0.15) is 30.1 Å². The summed E-state index contributed by atoms with van der Waals surface area (Å²) in [5.41, 5.74) is 8.17. The molecule has 0 saturated carbocycles. The molecule has 0 aliphatic heterocycles. The zero-order valence-electron chi connectivity index (χ0n) is 9.93. The van der Waals surface area contributed by atoms with E-state index < -0.39 is 0 Å². The van der Waals surface area contributed by atoms with Crippen LogP contribution >= 0.6 is 0 Å². The van der Waals surface area contributed by atoms with Crippen LogP contribution in [0.15, 0.2) is 10.7 Å². The predicted molar refractivity (Wildman–Crippen MR) is 62.6 cm³/mol. The third-order valence-corrected chi connectivity index (χ3v) is 2.93. The van der Waals surface area contributed by atoms with Gasteiger partial charge in [-0.1, -0.05) is 0 Å². The highest BCUT2D eigenvalue weighted by atomic mass is 16.3. The van der Waals surface area contributed by atoms with Crippen molar-refractivity contribution in [1.29, 1.82) is 0 Å². The van der Waals surface area contributed by atoms with Gasteiger partial charge < -0.3 is 10.2 Å². The number of nitrogens with zero attached hydrogens (tertiary/aromatic N) is 4. The first-order valence-electron chi connectivity index (χ1n) is 5.44. The van der Waals surface area contributed by atoms with Crippen LogP contribution in [0.5, 0.6) is 0 Å². The summed E-state index contributed by atoms with van der Waals surface area (Å²) in [5.74, 6) is 1.46. The van der Waals surface area contributed by atoms with Crippen molar-refractivity contribution >= 4 is 16.7 Å². The Morgan fingerprint density at radius 3 is 2.88 bits per heavy atom. The Kier molecular flexibility index (Phi) is 1.97. The molecule has 3 aromatic rings. The van der Waals surface area contributed by atoms with Crippen LogP contribution in [-0.4, -0.2) is 19.6 Å². The molecule has 0 saturated heterocycles. The second-order valence-corrected chi connectivity index (χ2v) is 4.23. The molecule has 0 aliphatic carbocycles. The monoisotopic (exact) mass is 231 g/mol. The fraction of sp³-hybridized carbons (Fsp3) is 0.364. The van der Waals surface area contributed by atoms with E-state index in [1.807, 2.05) is 20.8 Å². The van der Waals surface area contributed by atoms with Gasteiger partial charge >= 0.3 is 0 Å². The molecule has 0 spiro atoms. The summed E-state index contributed by atoms with van der Waals surface area (Å²) in [4.78, 5) is 8.66. The average Bonchev–Trinajstić information content (AvgIpc) is 2.81. The van der Waals surface area contributed by atoms with Crippen LogP contribution < -0.4 is 5.73 Å². The Balaban J connectivity index is 2.45. The smallest absolute Gasteiger partial charge is 0.231 e. The Labute approximate surface area is 97.5 Å². The minimum atomic E-state index is -0.196. The topological polar surface area (TPSA) is 82.2 Å². The molecule has 6 nitrogen and oxygen atoms in total. The van der Waals surface area contributed by atoms with Gasteiger partial charge in [0.25, 0.3) is 0 Å². The summed E-state index contributed by atoms with van der Waals surface area (Å²) >= 11 is 0. The molecule has 2 N–H and O–H groups in total. The molecule has 0 bridgehead atoms. The Morgan fingerprint density at radius 2 is 2.18 bits per heavy atom. The zero-order valence-corrected chi connectivity index (χ0v) is 9.93. The highest BCUT2D eigenvalue weighted by molar-refractivity contribution is 5.91. The maximum Gasteiger partial charge on any atom is 0.231 e. The fourth-order valence-electron chi connectivity index (χ4n) is 1.85. The summed E-state index contributed by atoms with van der Waals surface area (Å²) in [6.07, 6.45) is 1.60. The first-order valence-corrected chi connectivity index (χ1v) is 5.44. The van der Waals surface area contributed by atoms with Crippen LogP contribution in [-0.2, 0) is 0 Å². The number of furan rings is 1. The first kappa shape index (κ1) is 10.2. The van der Waals surface area contributed by atoms with Gasteiger partial charge in [-0.15, -0.1) is 5.10 Å². The number of aromatic nitrogens is 4. The predicted octanol–water partition coefficient (Wildman–Crippen LogP) is 1.51. The van der Waals surface area contributed by atoms with Crippen molar-refractivity contribution in [1.82, 2.24) is 19.6 Å². The molecule has 17 heavy (non-hydrogen) atoms. The molecular weight excluding hydrogens is 218 g/mol. The Morgan fingerprint density at radius 1 is 1.41 bits per heavy atom. The standard InChI is InChI=1S/C11H13N5O/c1-5-7(3)17-11-8(5)10-14-9(6(2)12)15-16(10)4-13-11/h4,6H,12H2,1-3H3/t6-/m0/s1. The molecule has 3 rings (SSSR count). The highest BCUT2D eigenvalue weighted by Crippen LogP contribution is 2.26. The minimum Gasteiger partial charge on any atom is -0.443 e. The van der Waals surface area contributed by atoms with Gasteiger partial charge in [0.05, 0.1) is 11.4 Å². The molecule has 88 valence electrons. The highest BCUT2D eigenvalue weighted by Gasteiger charge is 2.16. The summed E-state index contributed by atoms with van der Waals surface area (Å²) < 4.78 is 7.19. The van der Waals surface area contributed by atoms with Crippen molar-refractivity contribution in [3.8, 4) is 0 Å². The van der Waals surface area contributed by atoms with E-state index in [0.717, 1.165) is 22.4 Å². The van der Waals surface area contributed by atoms with Crippen LogP contribution in [0.25, 0.3) is 16.7 Å². The van der Waals surface area contributed by atoms with E-state index in [2.05, 4.69) is 15.1 Å². The Hall–Kier alpha value is -1.95. The molecular formula is C11H13N5O.